The Kier molecular flexibility index (Phi) is 9.25. The molecule has 0 atom stereocenters. The largest absolute Gasteiger partial charge is 0.454 e. The number of nitro groups is 1. The molecule has 0 aliphatic carbocycles. The predicted molar refractivity (Wildman–Crippen MR) is 140 cm³/mol. The van der Waals surface area contributed by atoms with E-state index in [1.807, 2.05) is 12.1 Å². The number of esters is 1. The average molecular weight is 565 g/mol. The lowest BCUT2D eigenvalue weighted by molar-refractivity contribution is -0.384. The first-order valence-electron chi connectivity index (χ1n) is 11.1. The maximum atomic E-state index is 13.0. The number of halogens is 2. The third-order valence-electron chi connectivity index (χ3n) is 5.29. The molecule has 0 aliphatic rings. The van der Waals surface area contributed by atoms with E-state index in [2.05, 4.69) is 11.6 Å². The Balaban J connectivity index is 1.74. The summed E-state index contributed by atoms with van der Waals surface area (Å²) in [7, 11) is -4.20. The Hall–Kier alpha value is -3.47. The van der Waals surface area contributed by atoms with Crippen LogP contribution in [0.25, 0.3) is 0 Å². The summed E-state index contributed by atoms with van der Waals surface area (Å²) < 4.78 is 33.4. The average Bonchev–Trinajstić information content (AvgIpc) is 2.86. The van der Waals surface area contributed by atoms with Crippen LogP contribution >= 0.6 is 23.2 Å². The summed E-state index contributed by atoms with van der Waals surface area (Å²) in [6.45, 7) is 1.39. The second kappa shape index (κ2) is 12.2. The van der Waals surface area contributed by atoms with Crippen LogP contribution in [0.2, 0.25) is 10.0 Å². The molecular formula is C25H22Cl2N2O7S. The van der Waals surface area contributed by atoms with Crippen LogP contribution in [0, 0.1) is 10.1 Å². The van der Waals surface area contributed by atoms with Crippen LogP contribution in [0.5, 0.6) is 0 Å². The molecule has 0 aliphatic heterocycles. The number of ketones is 1. The molecule has 0 fully saturated rings. The van der Waals surface area contributed by atoms with Crippen molar-refractivity contribution in [1.82, 2.24) is 0 Å². The maximum absolute atomic E-state index is 13.0. The summed E-state index contributed by atoms with van der Waals surface area (Å²) in [5, 5.41) is 10.4. The van der Waals surface area contributed by atoms with Gasteiger partial charge in [0.15, 0.2) is 12.4 Å². The van der Waals surface area contributed by atoms with Crippen LogP contribution in [0.4, 0.5) is 11.4 Å². The minimum absolute atomic E-state index is 0.0915. The van der Waals surface area contributed by atoms with Crippen molar-refractivity contribution in [2.24, 2.45) is 0 Å². The number of hydrogen-bond acceptors (Lipinski definition) is 7. The van der Waals surface area contributed by atoms with Gasteiger partial charge in [-0.15, -0.1) is 0 Å². The summed E-state index contributed by atoms with van der Waals surface area (Å²) in [6, 6.07) is 13.7. The molecule has 0 aromatic heterocycles. The van der Waals surface area contributed by atoms with Gasteiger partial charge in [-0.3, -0.25) is 19.6 Å². The van der Waals surface area contributed by atoms with Crippen LogP contribution in [-0.4, -0.2) is 31.7 Å². The fraction of sp³-hybridized carbons (Fsp3) is 0.200. The smallest absolute Gasteiger partial charge is 0.340 e. The number of ether oxygens (including phenoxy) is 1. The van der Waals surface area contributed by atoms with Gasteiger partial charge in [-0.1, -0.05) is 48.7 Å². The van der Waals surface area contributed by atoms with Gasteiger partial charge in [-0.2, -0.15) is 0 Å². The summed E-state index contributed by atoms with van der Waals surface area (Å²) in [6.07, 6.45) is 2.94. The van der Waals surface area contributed by atoms with E-state index in [9.17, 15) is 28.1 Å². The highest BCUT2D eigenvalue weighted by atomic mass is 35.5. The Labute approximate surface area is 223 Å². The highest BCUT2D eigenvalue weighted by molar-refractivity contribution is 7.92. The number of nitro benzene ring substituents is 1. The summed E-state index contributed by atoms with van der Waals surface area (Å²) in [5.41, 5.74) is 0.967. The molecule has 3 aromatic rings. The molecule has 194 valence electrons. The van der Waals surface area contributed by atoms with E-state index in [1.165, 1.54) is 12.1 Å². The number of non-ortho nitro benzene ring substituents is 1. The lowest BCUT2D eigenvalue weighted by Gasteiger charge is -2.13. The van der Waals surface area contributed by atoms with E-state index in [0.717, 1.165) is 49.1 Å². The molecule has 37 heavy (non-hydrogen) atoms. The first-order chi connectivity index (χ1) is 17.5. The molecule has 0 saturated heterocycles. The molecule has 12 heteroatoms. The number of benzene rings is 3. The second-order valence-electron chi connectivity index (χ2n) is 7.97. The second-order valence-corrected chi connectivity index (χ2v) is 10.4. The van der Waals surface area contributed by atoms with Crippen molar-refractivity contribution in [1.29, 1.82) is 0 Å². The molecule has 0 radical (unpaired) electrons. The van der Waals surface area contributed by atoms with Crippen LogP contribution < -0.4 is 4.72 Å². The van der Waals surface area contributed by atoms with Crippen LogP contribution in [0.15, 0.2) is 65.6 Å². The molecule has 0 saturated carbocycles. The first-order valence-corrected chi connectivity index (χ1v) is 13.3. The highest BCUT2D eigenvalue weighted by Gasteiger charge is 2.24. The van der Waals surface area contributed by atoms with Crippen molar-refractivity contribution in [2.45, 2.75) is 31.1 Å². The Morgan fingerprint density at radius 3 is 2.24 bits per heavy atom. The molecule has 3 rings (SSSR count). The number of rotatable bonds is 11. The zero-order chi connectivity index (χ0) is 27.2. The molecule has 9 nitrogen and oxygen atoms in total. The van der Waals surface area contributed by atoms with Crippen molar-refractivity contribution >= 4 is 56.4 Å². The molecule has 0 unspecified atom stereocenters. The van der Waals surface area contributed by atoms with E-state index < -0.39 is 38.2 Å². The van der Waals surface area contributed by atoms with Crippen molar-refractivity contribution in [3.8, 4) is 0 Å². The minimum Gasteiger partial charge on any atom is -0.454 e. The lowest BCUT2D eigenvalue weighted by Crippen LogP contribution is -2.17. The van der Waals surface area contributed by atoms with Gasteiger partial charge in [0.1, 0.15) is 4.90 Å². The number of nitrogens with zero attached hydrogens (tertiary/aromatic N) is 1. The van der Waals surface area contributed by atoms with Gasteiger partial charge < -0.3 is 4.74 Å². The molecule has 3 aromatic carbocycles. The molecular weight excluding hydrogens is 543 g/mol. The first kappa shape index (κ1) is 28.1. The number of carbonyl (C=O) groups excluding carboxylic acids is 2. The third-order valence-corrected chi connectivity index (χ3v) is 7.45. The van der Waals surface area contributed by atoms with Crippen molar-refractivity contribution < 1.29 is 27.7 Å². The molecule has 0 spiro atoms. The fourth-order valence-electron chi connectivity index (χ4n) is 3.28. The number of Topliss-reactive ketones (excluding diaryl/α,β-unsaturated/α-hetero) is 1. The Bertz CT molecular complexity index is 1420. The monoisotopic (exact) mass is 564 g/mol. The molecule has 1 N–H and O–H groups in total. The number of anilines is 1. The van der Waals surface area contributed by atoms with Gasteiger partial charge in [0.05, 0.1) is 20.5 Å². The topological polar surface area (TPSA) is 133 Å². The van der Waals surface area contributed by atoms with Gasteiger partial charge >= 0.3 is 5.97 Å². The van der Waals surface area contributed by atoms with E-state index in [-0.39, 0.29) is 26.9 Å². The maximum Gasteiger partial charge on any atom is 0.340 e. The number of carbonyl (C=O) groups is 2. The van der Waals surface area contributed by atoms with E-state index in [1.54, 1.807) is 12.1 Å². The lowest BCUT2D eigenvalue weighted by atomic mass is 10.1. The summed E-state index contributed by atoms with van der Waals surface area (Å²) in [4.78, 5) is 34.6. The van der Waals surface area contributed by atoms with Crippen LogP contribution in [0.3, 0.4) is 0 Å². The number of nitrogens with one attached hydrogen (secondary N) is 1. The van der Waals surface area contributed by atoms with Gasteiger partial charge in [0, 0.05) is 23.4 Å². The zero-order valence-corrected chi connectivity index (χ0v) is 21.9. The molecule has 0 heterocycles. The zero-order valence-electron chi connectivity index (χ0n) is 19.6. The quantitative estimate of drug-likeness (QED) is 0.129. The molecule has 0 amide bonds. The van der Waals surface area contributed by atoms with E-state index in [4.69, 9.17) is 27.9 Å². The van der Waals surface area contributed by atoms with Gasteiger partial charge in [0.2, 0.25) is 0 Å². The summed E-state index contributed by atoms with van der Waals surface area (Å²) in [5.74, 6) is -1.67. The fourth-order valence-corrected chi connectivity index (χ4v) is 5.19. The third kappa shape index (κ3) is 7.28. The van der Waals surface area contributed by atoms with Gasteiger partial charge in [-0.25, -0.2) is 13.2 Å². The van der Waals surface area contributed by atoms with Crippen LogP contribution in [0.1, 0.15) is 46.0 Å². The number of hydrogen-bond donors (Lipinski definition) is 1. The molecule has 0 bridgehead atoms. The number of unbranched alkanes of at least 4 members (excludes halogenated alkanes) is 1. The normalized spacial score (nSPS) is 11.1. The van der Waals surface area contributed by atoms with Crippen molar-refractivity contribution in [2.75, 3.05) is 11.3 Å². The van der Waals surface area contributed by atoms with Crippen molar-refractivity contribution in [3.05, 3.63) is 97.5 Å². The summed E-state index contributed by atoms with van der Waals surface area (Å²) >= 11 is 12.2. The van der Waals surface area contributed by atoms with Gasteiger partial charge in [0.25, 0.3) is 15.7 Å². The minimum atomic E-state index is -4.20. The Morgan fingerprint density at radius 2 is 1.65 bits per heavy atom. The SMILES string of the molecule is CCCCc1ccc(NS(=O)(=O)c2cc(C(=O)OCC(=O)c3ccc([N+](=O)[O-])cc3)c(Cl)cc2Cl)cc1. The Morgan fingerprint density at radius 1 is 1.00 bits per heavy atom. The van der Waals surface area contributed by atoms with Gasteiger partial charge in [-0.05, 0) is 54.8 Å². The van der Waals surface area contributed by atoms with E-state index in [0.29, 0.717) is 5.69 Å². The predicted octanol–water partition coefficient (Wildman–Crippen LogP) is 6.08. The van der Waals surface area contributed by atoms with Crippen LogP contribution in [-0.2, 0) is 21.2 Å². The number of sulfonamides is 1. The highest BCUT2D eigenvalue weighted by Crippen LogP contribution is 2.30. The number of aryl methyl sites for hydroxylation is 1. The van der Waals surface area contributed by atoms with E-state index >= 15 is 0 Å². The van der Waals surface area contributed by atoms with Crippen molar-refractivity contribution in [3.63, 3.8) is 0 Å². The standard InChI is InChI=1S/C25H22Cl2N2O7S/c1-2-3-4-16-5-9-18(10-6-16)28-37(34,35)24-13-20(21(26)14-22(24)27)25(31)36-15-23(30)17-7-11-19(12-8-17)29(32)33/h5-14,28H,2-4,15H2,1H3.